The molecule has 0 aliphatic rings. The summed E-state index contributed by atoms with van der Waals surface area (Å²) >= 11 is 1.05. The first-order valence-corrected chi connectivity index (χ1v) is 7.55. The minimum absolute atomic E-state index is 0.0174. The molecule has 3 aromatic rings. The maximum atomic E-state index is 11.8. The maximum Gasteiger partial charge on any atom is 0.411 e. The summed E-state index contributed by atoms with van der Waals surface area (Å²) in [5.41, 5.74) is 2.00. The van der Waals surface area contributed by atoms with Gasteiger partial charge in [-0.3, -0.25) is 5.32 Å². The molecule has 0 saturated carbocycles. The van der Waals surface area contributed by atoms with Crippen LogP contribution in [0, 0.1) is 0 Å². The van der Waals surface area contributed by atoms with Crippen molar-refractivity contribution in [3.63, 3.8) is 0 Å². The number of anilines is 1. The second-order valence-electron chi connectivity index (χ2n) is 4.69. The van der Waals surface area contributed by atoms with Crippen molar-refractivity contribution in [2.45, 2.75) is 6.61 Å². The van der Waals surface area contributed by atoms with Gasteiger partial charge in [0.25, 0.3) is 0 Å². The topological polar surface area (TPSA) is 88.5 Å². The van der Waals surface area contributed by atoms with E-state index in [-0.39, 0.29) is 11.6 Å². The van der Waals surface area contributed by atoms with Crippen LogP contribution in [0.1, 0.15) is 15.4 Å². The first kappa shape index (κ1) is 15.0. The van der Waals surface area contributed by atoms with Gasteiger partial charge in [-0.2, -0.15) is 0 Å². The molecule has 1 amide bonds. The van der Waals surface area contributed by atoms with Crippen molar-refractivity contribution in [3.8, 4) is 0 Å². The minimum atomic E-state index is -1.07. The van der Waals surface area contributed by atoms with Crippen LogP contribution in [-0.2, 0) is 11.3 Å². The Morgan fingerprint density at radius 2 is 1.96 bits per heavy atom. The number of amides is 1. The molecule has 0 fully saturated rings. The molecule has 2 aromatic carbocycles. The van der Waals surface area contributed by atoms with Crippen LogP contribution in [-0.4, -0.2) is 22.2 Å². The van der Waals surface area contributed by atoms with Gasteiger partial charge < -0.3 is 9.84 Å². The Kier molecular flexibility index (Phi) is 4.20. The predicted octanol–water partition coefficient (Wildman–Crippen LogP) is 3.74. The summed E-state index contributed by atoms with van der Waals surface area (Å²) in [4.78, 5) is 26.7. The number of hydrogen-bond acceptors (Lipinski definition) is 5. The number of carbonyl (C=O) groups excluding carboxylic acids is 1. The van der Waals surface area contributed by atoms with Gasteiger partial charge in [-0.05, 0) is 23.8 Å². The molecule has 3 rings (SSSR count). The van der Waals surface area contributed by atoms with Crippen LogP contribution in [0.15, 0.2) is 48.5 Å². The number of hydrogen-bond donors (Lipinski definition) is 2. The summed E-state index contributed by atoms with van der Waals surface area (Å²) in [5.74, 6) is -1.07. The molecule has 0 spiro atoms. The third kappa shape index (κ3) is 3.64. The monoisotopic (exact) mass is 328 g/mol. The van der Waals surface area contributed by atoms with E-state index in [2.05, 4.69) is 10.3 Å². The van der Waals surface area contributed by atoms with Crippen LogP contribution < -0.4 is 5.32 Å². The van der Waals surface area contributed by atoms with Gasteiger partial charge in [0.2, 0.25) is 5.01 Å². The molecule has 0 aliphatic carbocycles. The van der Waals surface area contributed by atoms with Crippen molar-refractivity contribution in [2.75, 3.05) is 5.32 Å². The molecule has 0 bridgehead atoms. The smallest absolute Gasteiger partial charge is 0.411 e. The van der Waals surface area contributed by atoms with E-state index >= 15 is 0 Å². The normalized spacial score (nSPS) is 10.4. The fourth-order valence-electron chi connectivity index (χ4n) is 1.97. The van der Waals surface area contributed by atoms with Crippen molar-refractivity contribution >= 4 is 39.3 Å². The lowest BCUT2D eigenvalue weighted by Gasteiger charge is -2.07. The number of ether oxygens (including phenoxy) is 1. The first-order valence-electron chi connectivity index (χ1n) is 6.73. The largest absolute Gasteiger partial charge is 0.476 e. The molecule has 0 aliphatic heterocycles. The zero-order valence-corrected chi connectivity index (χ0v) is 12.7. The fourth-order valence-corrected chi connectivity index (χ4v) is 2.81. The molecule has 0 radical (unpaired) electrons. The molecule has 23 heavy (non-hydrogen) atoms. The van der Waals surface area contributed by atoms with E-state index in [0.717, 1.165) is 16.9 Å². The average molecular weight is 328 g/mol. The number of carbonyl (C=O) groups is 2. The highest BCUT2D eigenvalue weighted by molar-refractivity contribution is 7.20. The number of fused-ring (bicyclic) bond motifs is 1. The van der Waals surface area contributed by atoms with Crippen LogP contribution >= 0.6 is 11.3 Å². The van der Waals surface area contributed by atoms with Crippen molar-refractivity contribution in [3.05, 3.63) is 59.1 Å². The van der Waals surface area contributed by atoms with Gasteiger partial charge in [0.1, 0.15) is 6.61 Å². The third-order valence-electron chi connectivity index (χ3n) is 3.03. The Hall–Kier alpha value is -2.93. The van der Waals surface area contributed by atoms with Crippen molar-refractivity contribution < 1.29 is 19.4 Å². The van der Waals surface area contributed by atoms with E-state index in [1.807, 2.05) is 30.3 Å². The summed E-state index contributed by atoms with van der Waals surface area (Å²) in [6, 6.07) is 14.3. The Morgan fingerprint density at radius 1 is 1.17 bits per heavy atom. The number of thiazole rings is 1. The lowest BCUT2D eigenvalue weighted by molar-refractivity contribution is 0.0696. The van der Waals surface area contributed by atoms with Gasteiger partial charge in [-0.1, -0.05) is 30.3 Å². The highest BCUT2D eigenvalue weighted by Crippen LogP contribution is 2.25. The standard InChI is InChI=1S/C16H12N2O4S/c19-15(20)14-18-12-7-6-11(8-13(12)23-14)17-16(21)22-9-10-4-2-1-3-5-10/h1-8H,9H2,(H,17,21)(H,19,20). The van der Waals surface area contributed by atoms with E-state index in [1.54, 1.807) is 18.2 Å². The second-order valence-corrected chi connectivity index (χ2v) is 5.72. The summed E-state index contributed by atoms with van der Waals surface area (Å²) in [6.07, 6.45) is -0.573. The molecular weight excluding hydrogens is 316 g/mol. The van der Waals surface area contributed by atoms with Crippen LogP contribution in [0.2, 0.25) is 0 Å². The van der Waals surface area contributed by atoms with E-state index in [9.17, 15) is 9.59 Å². The highest BCUT2D eigenvalue weighted by atomic mass is 32.1. The number of benzene rings is 2. The number of rotatable bonds is 4. The molecular formula is C16H12N2O4S. The SMILES string of the molecule is O=C(Nc1ccc2nc(C(=O)O)sc2c1)OCc1ccccc1. The van der Waals surface area contributed by atoms with Crippen molar-refractivity contribution in [2.24, 2.45) is 0 Å². The van der Waals surface area contributed by atoms with E-state index in [4.69, 9.17) is 9.84 Å². The number of nitrogens with one attached hydrogen (secondary N) is 1. The molecule has 6 nitrogen and oxygen atoms in total. The van der Waals surface area contributed by atoms with Crippen molar-refractivity contribution in [1.82, 2.24) is 4.98 Å². The van der Waals surface area contributed by atoms with Crippen LogP contribution in [0.25, 0.3) is 10.2 Å². The molecule has 7 heteroatoms. The van der Waals surface area contributed by atoms with Crippen LogP contribution in [0.3, 0.4) is 0 Å². The number of nitrogens with zero attached hydrogens (tertiary/aromatic N) is 1. The summed E-state index contributed by atoms with van der Waals surface area (Å²) < 4.78 is 5.81. The average Bonchev–Trinajstić information content (AvgIpc) is 2.97. The Balaban J connectivity index is 1.66. The lowest BCUT2D eigenvalue weighted by Crippen LogP contribution is -2.13. The molecule has 1 aromatic heterocycles. The van der Waals surface area contributed by atoms with E-state index < -0.39 is 12.1 Å². The summed E-state index contributed by atoms with van der Waals surface area (Å²) in [7, 11) is 0. The van der Waals surface area contributed by atoms with Gasteiger partial charge in [0, 0.05) is 5.69 Å². The number of carboxylic acids is 1. The molecule has 0 unspecified atom stereocenters. The predicted molar refractivity (Wildman–Crippen MR) is 86.8 cm³/mol. The minimum Gasteiger partial charge on any atom is -0.476 e. The summed E-state index contributed by atoms with van der Waals surface area (Å²) in [6.45, 7) is 0.179. The van der Waals surface area contributed by atoms with E-state index in [0.29, 0.717) is 15.9 Å². The molecule has 1 heterocycles. The number of carboxylic acid groups (broad SMARTS) is 1. The first-order chi connectivity index (χ1) is 11.1. The zero-order valence-electron chi connectivity index (χ0n) is 11.9. The quantitative estimate of drug-likeness (QED) is 0.761. The van der Waals surface area contributed by atoms with E-state index in [1.165, 1.54) is 0 Å². The number of aromatic carboxylic acids is 1. The maximum absolute atomic E-state index is 11.8. The third-order valence-corrected chi connectivity index (χ3v) is 4.04. The van der Waals surface area contributed by atoms with Gasteiger partial charge in [-0.25, -0.2) is 14.6 Å². The molecule has 0 atom stereocenters. The molecule has 0 saturated heterocycles. The van der Waals surface area contributed by atoms with Gasteiger partial charge in [0.15, 0.2) is 0 Å². The molecule has 2 N–H and O–H groups in total. The molecule has 116 valence electrons. The van der Waals surface area contributed by atoms with Crippen LogP contribution in [0.5, 0.6) is 0 Å². The zero-order chi connectivity index (χ0) is 16.2. The Labute approximate surface area is 135 Å². The second kappa shape index (κ2) is 6.45. The highest BCUT2D eigenvalue weighted by Gasteiger charge is 2.11. The Morgan fingerprint density at radius 3 is 2.70 bits per heavy atom. The summed E-state index contributed by atoms with van der Waals surface area (Å²) in [5, 5.41) is 11.6. The number of aromatic nitrogens is 1. The van der Waals surface area contributed by atoms with Gasteiger partial charge in [0.05, 0.1) is 10.2 Å². The Bertz CT molecular complexity index is 861. The lowest BCUT2D eigenvalue weighted by atomic mass is 10.2. The van der Waals surface area contributed by atoms with Gasteiger partial charge >= 0.3 is 12.1 Å². The fraction of sp³-hybridized carbons (Fsp3) is 0.0625. The van der Waals surface area contributed by atoms with Crippen molar-refractivity contribution in [1.29, 1.82) is 0 Å². The van der Waals surface area contributed by atoms with Gasteiger partial charge in [-0.15, -0.1) is 11.3 Å². The van der Waals surface area contributed by atoms with Crippen LogP contribution in [0.4, 0.5) is 10.5 Å².